The Morgan fingerprint density at radius 2 is 2.08 bits per heavy atom. The van der Waals surface area contributed by atoms with Gasteiger partial charge in [-0.2, -0.15) is 10.4 Å². The number of nitrogens with one attached hydrogen (secondary N) is 3. The summed E-state index contributed by atoms with van der Waals surface area (Å²) in [6.07, 6.45) is -0.500. The van der Waals surface area contributed by atoms with Gasteiger partial charge in [0.2, 0.25) is 5.71 Å². The van der Waals surface area contributed by atoms with E-state index >= 15 is 0 Å². The van der Waals surface area contributed by atoms with Gasteiger partial charge in [0, 0.05) is 6.54 Å². The van der Waals surface area contributed by atoms with Crippen LogP contribution in [0.2, 0.25) is 0 Å². The molecule has 1 amide bonds. The average molecular weight is 330 g/mol. The molecular weight excluding hydrogens is 308 g/mol. The highest BCUT2D eigenvalue weighted by atomic mass is 16.6. The van der Waals surface area contributed by atoms with E-state index in [-0.39, 0.29) is 12.3 Å². The van der Waals surface area contributed by atoms with Crippen LogP contribution in [0.1, 0.15) is 31.9 Å². The standard InChI is InChI=1S/C16H22N6O2/c1-10-5-11(9-20-15(23)24-16(2,3)4)7-12(6-10)21-22-13(8-17)14(18)19/h5-7,21H,9H2,1-4H3,(H3,18,19)(H,20,23)/b22-13+. The number of carbonyl (C=O) groups is 1. The van der Waals surface area contributed by atoms with E-state index in [4.69, 9.17) is 21.1 Å². The molecule has 24 heavy (non-hydrogen) atoms. The van der Waals surface area contributed by atoms with Gasteiger partial charge in [0.25, 0.3) is 0 Å². The van der Waals surface area contributed by atoms with Gasteiger partial charge in [-0.15, -0.1) is 0 Å². The SMILES string of the molecule is Cc1cc(CNC(=O)OC(C)(C)C)cc(N/N=C(\C#N)C(=N)N)c1. The molecule has 5 N–H and O–H groups in total. The number of amides is 1. The summed E-state index contributed by atoms with van der Waals surface area (Å²) in [5.74, 6) is -0.413. The zero-order valence-corrected chi connectivity index (χ0v) is 14.2. The Kier molecular flexibility index (Phi) is 6.30. The number of nitriles is 1. The van der Waals surface area contributed by atoms with Gasteiger partial charge in [0.05, 0.1) is 5.69 Å². The zero-order chi connectivity index (χ0) is 18.3. The summed E-state index contributed by atoms with van der Waals surface area (Å²) in [6, 6.07) is 7.21. The quantitative estimate of drug-likeness (QED) is 0.373. The highest BCUT2D eigenvalue weighted by molar-refractivity contribution is 6.45. The second kappa shape index (κ2) is 7.97. The second-order valence-electron chi connectivity index (χ2n) is 6.16. The summed E-state index contributed by atoms with van der Waals surface area (Å²) in [6.45, 7) is 7.55. The van der Waals surface area contributed by atoms with Gasteiger partial charge in [-0.3, -0.25) is 10.8 Å². The van der Waals surface area contributed by atoms with Crippen molar-refractivity contribution in [3.05, 3.63) is 29.3 Å². The number of nitrogens with zero attached hydrogens (tertiary/aromatic N) is 2. The summed E-state index contributed by atoms with van der Waals surface area (Å²) < 4.78 is 5.18. The lowest BCUT2D eigenvalue weighted by molar-refractivity contribution is 0.0523. The van der Waals surface area contributed by atoms with Gasteiger partial charge in [-0.1, -0.05) is 6.07 Å². The lowest BCUT2D eigenvalue weighted by Gasteiger charge is -2.19. The van der Waals surface area contributed by atoms with Crippen molar-refractivity contribution in [1.82, 2.24) is 5.32 Å². The van der Waals surface area contributed by atoms with Crippen LogP contribution in [0, 0.1) is 23.7 Å². The van der Waals surface area contributed by atoms with E-state index in [9.17, 15) is 4.79 Å². The highest BCUT2D eigenvalue weighted by Gasteiger charge is 2.15. The van der Waals surface area contributed by atoms with Gasteiger partial charge >= 0.3 is 6.09 Å². The summed E-state index contributed by atoms with van der Waals surface area (Å²) in [7, 11) is 0. The summed E-state index contributed by atoms with van der Waals surface area (Å²) in [5.41, 5.74) is 9.55. The third-order valence-electron chi connectivity index (χ3n) is 2.63. The molecular formula is C16H22N6O2. The molecule has 1 aromatic rings. The molecule has 0 unspecified atom stereocenters. The third kappa shape index (κ3) is 6.79. The van der Waals surface area contributed by atoms with Crippen LogP contribution in [0.4, 0.5) is 10.5 Å². The first-order valence-corrected chi connectivity index (χ1v) is 7.26. The number of carbonyl (C=O) groups excluding carboxylic acids is 1. The molecule has 8 heteroatoms. The Hall–Kier alpha value is -3.08. The number of hydrazone groups is 1. The van der Waals surface area contributed by atoms with E-state index in [1.165, 1.54) is 0 Å². The molecule has 0 radical (unpaired) electrons. The van der Waals surface area contributed by atoms with Crippen LogP contribution in [0.5, 0.6) is 0 Å². The van der Waals surface area contributed by atoms with Gasteiger partial charge in [-0.05, 0) is 51.0 Å². The van der Waals surface area contributed by atoms with E-state index < -0.39 is 17.5 Å². The number of rotatable bonds is 5. The Morgan fingerprint density at radius 1 is 1.42 bits per heavy atom. The van der Waals surface area contributed by atoms with Crippen LogP contribution >= 0.6 is 0 Å². The number of nitrogens with two attached hydrogens (primary N) is 1. The van der Waals surface area contributed by atoms with Crippen molar-refractivity contribution in [3.63, 3.8) is 0 Å². The molecule has 0 bridgehead atoms. The van der Waals surface area contributed by atoms with E-state index in [0.717, 1.165) is 11.1 Å². The minimum Gasteiger partial charge on any atom is -0.444 e. The number of amidine groups is 1. The van der Waals surface area contributed by atoms with Crippen molar-refractivity contribution in [2.75, 3.05) is 5.43 Å². The van der Waals surface area contributed by atoms with Crippen molar-refractivity contribution >= 4 is 23.3 Å². The van der Waals surface area contributed by atoms with Crippen molar-refractivity contribution in [2.45, 2.75) is 39.8 Å². The van der Waals surface area contributed by atoms with Crippen LogP contribution < -0.4 is 16.5 Å². The monoisotopic (exact) mass is 330 g/mol. The van der Waals surface area contributed by atoms with Crippen LogP contribution in [0.15, 0.2) is 23.3 Å². The molecule has 0 saturated carbocycles. The summed E-state index contributed by atoms with van der Waals surface area (Å²) >= 11 is 0. The molecule has 0 saturated heterocycles. The molecule has 0 aliphatic carbocycles. The minimum atomic E-state index is -0.557. The number of alkyl carbamates (subject to hydrolysis) is 1. The van der Waals surface area contributed by atoms with Crippen molar-refractivity contribution in [3.8, 4) is 6.07 Å². The number of hydrogen-bond donors (Lipinski definition) is 4. The summed E-state index contributed by atoms with van der Waals surface area (Å²) in [4.78, 5) is 11.7. The van der Waals surface area contributed by atoms with Crippen molar-refractivity contribution < 1.29 is 9.53 Å². The maximum atomic E-state index is 11.7. The first kappa shape index (κ1) is 19.0. The van der Waals surface area contributed by atoms with Crippen LogP contribution in [-0.2, 0) is 11.3 Å². The molecule has 128 valence electrons. The lowest BCUT2D eigenvalue weighted by Crippen LogP contribution is -2.32. The van der Waals surface area contributed by atoms with E-state index in [1.54, 1.807) is 32.9 Å². The number of aryl methyl sites for hydroxylation is 1. The third-order valence-corrected chi connectivity index (χ3v) is 2.63. The molecule has 0 fully saturated rings. The zero-order valence-electron chi connectivity index (χ0n) is 14.2. The second-order valence-corrected chi connectivity index (χ2v) is 6.16. The number of anilines is 1. The van der Waals surface area contributed by atoms with Crippen molar-refractivity contribution in [2.24, 2.45) is 10.8 Å². The van der Waals surface area contributed by atoms with E-state index in [1.807, 2.05) is 19.1 Å². The van der Waals surface area contributed by atoms with Crippen molar-refractivity contribution in [1.29, 1.82) is 10.7 Å². The molecule has 1 rings (SSSR count). The molecule has 8 nitrogen and oxygen atoms in total. The van der Waals surface area contributed by atoms with E-state index in [2.05, 4.69) is 15.8 Å². The normalized spacial score (nSPS) is 11.4. The van der Waals surface area contributed by atoms with Crippen LogP contribution in [0.3, 0.4) is 0 Å². The Morgan fingerprint density at radius 3 is 2.62 bits per heavy atom. The molecule has 0 aliphatic heterocycles. The van der Waals surface area contributed by atoms with Gasteiger partial charge in [-0.25, -0.2) is 4.79 Å². The smallest absolute Gasteiger partial charge is 0.407 e. The summed E-state index contributed by atoms with van der Waals surface area (Å²) in [5, 5.41) is 22.5. The number of ether oxygens (including phenoxy) is 1. The minimum absolute atomic E-state index is 0.204. The Bertz CT molecular complexity index is 697. The fraction of sp³-hybridized carbons (Fsp3) is 0.375. The molecule has 0 heterocycles. The molecule has 1 aromatic carbocycles. The molecule has 0 spiro atoms. The van der Waals surface area contributed by atoms with Crippen LogP contribution in [0.25, 0.3) is 0 Å². The van der Waals surface area contributed by atoms with Gasteiger partial charge in [0.15, 0.2) is 5.84 Å². The first-order chi connectivity index (χ1) is 11.1. The topological polar surface area (TPSA) is 136 Å². The van der Waals surface area contributed by atoms with Gasteiger partial charge in [0.1, 0.15) is 11.7 Å². The predicted octanol–water partition coefficient (Wildman–Crippen LogP) is 2.25. The average Bonchev–Trinajstić information content (AvgIpc) is 2.43. The molecule has 0 atom stereocenters. The lowest BCUT2D eigenvalue weighted by atomic mass is 10.1. The largest absolute Gasteiger partial charge is 0.444 e. The fourth-order valence-corrected chi connectivity index (χ4v) is 1.78. The van der Waals surface area contributed by atoms with Crippen LogP contribution in [-0.4, -0.2) is 23.2 Å². The molecule has 0 aromatic heterocycles. The first-order valence-electron chi connectivity index (χ1n) is 7.26. The van der Waals surface area contributed by atoms with Gasteiger partial charge < -0.3 is 15.8 Å². The number of hydrogen-bond acceptors (Lipinski definition) is 6. The highest BCUT2D eigenvalue weighted by Crippen LogP contribution is 2.15. The maximum absolute atomic E-state index is 11.7. The maximum Gasteiger partial charge on any atom is 0.407 e. The number of benzene rings is 1. The Labute approximate surface area is 141 Å². The molecule has 0 aliphatic rings. The fourth-order valence-electron chi connectivity index (χ4n) is 1.78. The van der Waals surface area contributed by atoms with E-state index in [0.29, 0.717) is 5.69 Å². The Balaban J connectivity index is 2.78. The predicted molar refractivity (Wildman–Crippen MR) is 92.8 cm³/mol.